The average Bonchev–Trinajstić information content (AvgIpc) is 0.799. The van der Waals surface area contributed by atoms with E-state index >= 15 is 0 Å². The number of phenols is 5. The van der Waals surface area contributed by atoms with Gasteiger partial charge in [0.05, 0.1) is 154 Å². The Morgan fingerprint density at radius 1 is 0.280 bits per heavy atom. The van der Waals surface area contributed by atoms with E-state index < -0.39 is 73.6 Å². The fourth-order valence-corrected chi connectivity index (χ4v) is 15.4. The lowest BCUT2D eigenvalue weighted by molar-refractivity contribution is -0.134. The van der Waals surface area contributed by atoms with E-state index in [0.717, 1.165) is 65.4 Å². The summed E-state index contributed by atoms with van der Waals surface area (Å²) in [6.45, 7) is 19.2. The molecule has 0 saturated carbocycles. The molecule has 6 saturated heterocycles. The number of benzene rings is 4. The fourth-order valence-electron chi connectivity index (χ4n) is 15.4. The number of rotatable bonds is 21. The first-order valence-electron chi connectivity index (χ1n) is 45.2. The molecule has 0 unspecified atom stereocenters. The van der Waals surface area contributed by atoms with Gasteiger partial charge in [-0.3, -0.25) is 77.3 Å². The van der Waals surface area contributed by atoms with Crippen molar-refractivity contribution in [2.45, 2.75) is 26.2 Å². The molecule has 0 atom stereocenters. The molecule has 12 heterocycles. The molecule has 0 radical (unpaired) electrons. The maximum absolute atomic E-state index is 12.3. The minimum atomic E-state index is -0.779. The van der Waals surface area contributed by atoms with Crippen LogP contribution in [0, 0.1) is 0 Å². The highest BCUT2D eigenvalue weighted by Gasteiger charge is 2.35. The zero-order chi connectivity index (χ0) is 102. The van der Waals surface area contributed by atoms with Gasteiger partial charge >= 0.3 is 0 Å². The summed E-state index contributed by atoms with van der Waals surface area (Å²) in [5.74, 6) is -2.93. The number of allylic oxidation sites excluding steroid dienone is 12. The molecule has 4 aromatic carbocycles. The van der Waals surface area contributed by atoms with Crippen molar-refractivity contribution in [3.05, 3.63) is 255 Å². The summed E-state index contributed by atoms with van der Waals surface area (Å²) in [5.41, 5.74) is 0.259. The lowest BCUT2D eigenvalue weighted by Crippen LogP contribution is -2.39. The molecule has 8 aromatic rings. The quantitative estimate of drug-likeness (QED) is 0.0210. The molecule has 18 rings (SSSR count). The smallest absolute Gasteiger partial charge is 0.268 e. The molecular weight excluding hydrogens is 1870 g/mol. The Morgan fingerprint density at radius 2 is 0.580 bits per heavy atom. The van der Waals surface area contributed by atoms with Crippen molar-refractivity contribution in [3.8, 4) is 114 Å². The Bertz CT molecular complexity index is 6430. The van der Waals surface area contributed by atoms with E-state index in [1.165, 1.54) is 163 Å². The zero-order valence-electron chi connectivity index (χ0n) is 78.8. The minimum absolute atomic E-state index is 0.0000173. The summed E-state index contributed by atoms with van der Waals surface area (Å²) in [6.07, 6.45) is 10.8. The SMILES string of the molecule is COC1=CC(=C2OC(CN3CCOCC3)=CC(=O)C2=O)C=C(OC)C1=O.COc1cc(-c2oc(CN3CCOCC3)cc(=O)c2O)cc(OC)c1O.COc1cc(-c2oc(CN3CCOCC3)cc(=O)c2O)ccc1O.O=C1C=CC(=C2OC(CN3CCOCC3)=CC(=O)C2=O)C=C1.O=c1cc(CN2CCOCC2)oc(-c2ccc(O)c(O)c2)c1O.O=c1cc(CN2CCOCC2)oc(-c2ccc(O)cc2)c1O. The van der Waals surface area contributed by atoms with Crippen molar-refractivity contribution in [3.63, 3.8) is 0 Å². The number of Topliss-reactive ketones (excluding diaryl/α,β-unsaturated/α-hetero) is 3. The van der Waals surface area contributed by atoms with Crippen LogP contribution in [0.25, 0.3) is 45.3 Å². The van der Waals surface area contributed by atoms with Gasteiger partial charge in [-0.25, -0.2) is 0 Å². The van der Waals surface area contributed by atoms with Crippen molar-refractivity contribution < 1.29 is 154 Å². The van der Waals surface area contributed by atoms with Gasteiger partial charge in [-0.1, -0.05) is 0 Å². The monoisotopic (exact) mass is 1980 g/mol. The molecule has 6 fully saturated rings. The van der Waals surface area contributed by atoms with Crippen LogP contribution >= 0.6 is 0 Å². The van der Waals surface area contributed by atoms with Crippen LogP contribution in [0.2, 0.25) is 0 Å². The zero-order valence-corrected chi connectivity index (χ0v) is 78.8. The minimum Gasteiger partial charge on any atom is -0.508 e. The topological polar surface area (TPSA) is 545 Å². The molecule has 758 valence electrons. The highest BCUT2D eigenvalue weighted by Crippen LogP contribution is 2.43. The Kier molecular flexibility index (Phi) is 37.1. The molecule has 2 aliphatic carbocycles. The summed E-state index contributed by atoms with van der Waals surface area (Å²) >= 11 is 0. The summed E-state index contributed by atoms with van der Waals surface area (Å²) in [6, 6.07) is 22.6. The van der Waals surface area contributed by atoms with Crippen molar-refractivity contribution in [2.75, 3.05) is 206 Å². The Morgan fingerprint density at radius 3 is 0.916 bits per heavy atom. The maximum Gasteiger partial charge on any atom is 0.268 e. The lowest BCUT2D eigenvalue weighted by Gasteiger charge is -2.28. The highest BCUT2D eigenvalue weighted by atomic mass is 16.5. The molecule has 0 spiro atoms. The van der Waals surface area contributed by atoms with Gasteiger partial charge in [0, 0.05) is 148 Å². The predicted octanol–water partition coefficient (Wildman–Crippen LogP) is 6.52. The molecule has 0 amide bonds. The van der Waals surface area contributed by atoms with E-state index in [9.17, 15) is 93.9 Å². The van der Waals surface area contributed by atoms with Gasteiger partial charge in [-0.2, -0.15) is 0 Å². The number of aromatic hydroxyl groups is 9. The average molecular weight is 1980 g/mol. The highest BCUT2D eigenvalue weighted by molar-refractivity contribution is 6.48. The van der Waals surface area contributed by atoms with E-state index in [0.29, 0.717) is 194 Å². The second kappa shape index (κ2) is 50.4. The molecule has 10 aliphatic rings. The van der Waals surface area contributed by atoms with Gasteiger partial charge in [0.15, 0.2) is 86.4 Å². The van der Waals surface area contributed by atoms with Crippen LogP contribution < -0.4 is 35.9 Å². The summed E-state index contributed by atoms with van der Waals surface area (Å²) in [4.78, 5) is 132. The number of hydrogen-bond donors (Lipinski definition) is 9. The molecule has 42 nitrogen and oxygen atoms in total. The summed E-state index contributed by atoms with van der Waals surface area (Å²) < 4.78 is 91.3. The van der Waals surface area contributed by atoms with E-state index in [2.05, 4.69) is 29.4 Å². The third-order valence-electron chi connectivity index (χ3n) is 23.1. The first-order valence-corrected chi connectivity index (χ1v) is 45.2. The van der Waals surface area contributed by atoms with Gasteiger partial charge in [0.2, 0.25) is 62.0 Å². The van der Waals surface area contributed by atoms with E-state index in [1.807, 2.05) is 0 Å². The van der Waals surface area contributed by atoms with Crippen LogP contribution in [-0.4, -0.2) is 317 Å². The number of nitrogens with zero attached hydrogens (tertiary/aromatic N) is 6. The Hall–Kier alpha value is -15.1. The third-order valence-corrected chi connectivity index (χ3v) is 23.1. The van der Waals surface area contributed by atoms with Crippen LogP contribution in [0.4, 0.5) is 0 Å². The number of carbonyl (C=O) groups is 6. The van der Waals surface area contributed by atoms with Crippen LogP contribution in [-0.2, 0) is 102 Å². The number of ether oxygens (including phenoxy) is 13. The van der Waals surface area contributed by atoms with Crippen molar-refractivity contribution in [2.24, 2.45) is 0 Å². The standard InChI is InChI=1S/C18H21NO7.C18H19NO7.C17H19NO6.C16H17NO6.C16H17NO5.C16H15NO5/c2*1-23-14-7-11(8-15(24-2)17(14)22)18-16(21)13(20)9-12(26-18)10-19-3-5-25-6-4-19;1-22-15-8-11(2-3-13(15)19)17-16(21)14(20)9-12(24-17)10-18-4-6-23-7-5-18;18-12-2-1-10(7-13(12)19)16-15(21)14(20)8-11(23-16)9-17-3-5-22-6-4-17;2*18-12-3-1-11(2-4-12)16-15(20)14(19)9-13(22-16)10-17-5-7-21-8-6-17/h7-9,21-22H,3-6,10H2,1-2H3;7-9H,3-6,10H2,1-2H3;2-3,8-9,19,21H,4-7,10H2,1H3;1-2,7-8,18-19,21H,3-6,9H2;1-4,9,18,20H,5-8,10H2;1-4,9H,5-8,10H2. The third kappa shape index (κ3) is 28.2. The molecule has 42 heteroatoms. The van der Waals surface area contributed by atoms with Gasteiger partial charge in [-0.15, -0.1) is 0 Å². The maximum atomic E-state index is 12.3. The van der Waals surface area contributed by atoms with Crippen molar-refractivity contribution >= 4 is 34.7 Å². The molecule has 143 heavy (non-hydrogen) atoms. The van der Waals surface area contributed by atoms with Crippen LogP contribution in [0.3, 0.4) is 0 Å². The predicted molar refractivity (Wildman–Crippen MR) is 506 cm³/mol. The van der Waals surface area contributed by atoms with E-state index in [1.54, 1.807) is 18.2 Å². The summed E-state index contributed by atoms with van der Waals surface area (Å²) in [7, 11) is 6.88. The first-order chi connectivity index (χ1) is 68.9. The van der Waals surface area contributed by atoms with Crippen molar-refractivity contribution in [1.82, 2.24) is 29.4 Å². The van der Waals surface area contributed by atoms with Gasteiger partial charge in [0.1, 0.15) is 40.3 Å². The van der Waals surface area contributed by atoms with Crippen LogP contribution in [0.1, 0.15) is 23.0 Å². The van der Waals surface area contributed by atoms with Crippen LogP contribution in [0.5, 0.6) is 69.0 Å². The Labute approximate surface area is 816 Å². The lowest BCUT2D eigenvalue weighted by atomic mass is 10.00. The Balaban J connectivity index is 0.000000144. The number of methoxy groups -OCH3 is 5. The number of hydrogen-bond acceptors (Lipinski definition) is 42. The fraction of sp³-hybridized carbons (Fsp3) is 0.347. The number of phenolic OH excluding ortho intramolecular Hbond substituents is 5. The van der Waals surface area contributed by atoms with E-state index in [-0.39, 0.29) is 103 Å². The van der Waals surface area contributed by atoms with Gasteiger partial charge < -0.3 is 125 Å². The normalized spacial score (nSPS) is 17.7. The van der Waals surface area contributed by atoms with Gasteiger partial charge in [-0.05, 0) is 109 Å². The molecule has 4 aromatic heterocycles. The first kappa shape index (κ1) is 105. The molecule has 8 aliphatic heterocycles. The largest absolute Gasteiger partial charge is 0.508 e. The van der Waals surface area contributed by atoms with Gasteiger partial charge in [0.25, 0.3) is 17.3 Å². The number of morpholine rings is 6. The number of ketones is 6. The molecule has 0 bridgehead atoms. The second-order valence-electron chi connectivity index (χ2n) is 32.9. The molecular formula is C101H108N6O36. The molecule has 9 N–H and O–H groups in total. The summed E-state index contributed by atoms with van der Waals surface area (Å²) in [5, 5.41) is 88.1. The van der Waals surface area contributed by atoms with Crippen molar-refractivity contribution in [1.29, 1.82) is 0 Å². The van der Waals surface area contributed by atoms with E-state index in [4.69, 9.17) is 79.2 Å². The second-order valence-corrected chi connectivity index (χ2v) is 32.9. The number of carbonyl (C=O) groups excluding carboxylic acids is 6. The van der Waals surface area contributed by atoms with Crippen LogP contribution in [0.15, 0.2) is 228 Å².